The van der Waals surface area contributed by atoms with Crippen molar-refractivity contribution >= 4 is 11.9 Å². The average Bonchev–Trinajstić information content (AvgIpc) is 1.83. The zero-order chi connectivity index (χ0) is 6.41. The van der Waals surface area contributed by atoms with E-state index in [1.54, 1.807) is 11.9 Å². The summed E-state index contributed by atoms with van der Waals surface area (Å²) < 4.78 is 2.23. The van der Waals surface area contributed by atoms with Gasteiger partial charge < -0.3 is 0 Å². The lowest BCUT2D eigenvalue weighted by Crippen LogP contribution is -2.12. The number of hydrogen-bond donors (Lipinski definition) is 0. The van der Waals surface area contributed by atoms with Crippen LogP contribution in [-0.4, -0.2) is 17.4 Å². The molecule has 0 saturated carbocycles. The van der Waals surface area contributed by atoms with Crippen molar-refractivity contribution in [3.8, 4) is 0 Å². The van der Waals surface area contributed by atoms with E-state index in [1.165, 1.54) is 0 Å². The van der Waals surface area contributed by atoms with E-state index in [1.807, 2.05) is 5.41 Å². The molecule has 0 aromatic rings. The van der Waals surface area contributed by atoms with Crippen LogP contribution in [0.1, 0.15) is 13.8 Å². The standard InChI is InChI=1S/C6H13NS/c1-4-7(5-2)8-6-3/h6H,3-5H2,1-2H3. The zero-order valence-electron chi connectivity index (χ0n) is 5.55. The highest BCUT2D eigenvalue weighted by Crippen LogP contribution is 2.07. The molecule has 0 atom stereocenters. The zero-order valence-corrected chi connectivity index (χ0v) is 6.37. The van der Waals surface area contributed by atoms with Gasteiger partial charge in [-0.15, -0.1) is 0 Å². The molecule has 2 heteroatoms. The van der Waals surface area contributed by atoms with E-state index in [9.17, 15) is 0 Å². The summed E-state index contributed by atoms with van der Waals surface area (Å²) in [5.41, 5.74) is 0. The summed E-state index contributed by atoms with van der Waals surface area (Å²) >= 11 is 1.67. The van der Waals surface area contributed by atoms with Gasteiger partial charge in [-0.3, -0.25) is 0 Å². The molecule has 0 aliphatic carbocycles. The molecule has 0 aliphatic heterocycles. The Morgan fingerprint density at radius 3 is 2.12 bits per heavy atom. The lowest BCUT2D eigenvalue weighted by atomic mass is 10.7. The molecule has 0 N–H and O–H groups in total. The van der Waals surface area contributed by atoms with E-state index < -0.39 is 0 Å². The fraction of sp³-hybridized carbons (Fsp3) is 0.667. The molecule has 0 rings (SSSR count). The monoisotopic (exact) mass is 131 g/mol. The van der Waals surface area contributed by atoms with Gasteiger partial charge >= 0.3 is 0 Å². The summed E-state index contributed by atoms with van der Waals surface area (Å²) in [6.07, 6.45) is 0. The predicted molar refractivity (Wildman–Crippen MR) is 40.7 cm³/mol. The maximum atomic E-state index is 3.62. The summed E-state index contributed by atoms with van der Waals surface area (Å²) in [4.78, 5) is 0. The number of nitrogens with zero attached hydrogens (tertiary/aromatic N) is 1. The van der Waals surface area contributed by atoms with Gasteiger partial charge in [0.05, 0.1) is 0 Å². The minimum atomic E-state index is 1.09. The van der Waals surface area contributed by atoms with Crippen LogP contribution < -0.4 is 0 Å². The van der Waals surface area contributed by atoms with Gasteiger partial charge in [-0.05, 0) is 5.41 Å². The third-order valence-electron chi connectivity index (χ3n) is 0.929. The van der Waals surface area contributed by atoms with E-state index in [2.05, 4.69) is 24.7 Å². The Morgan fingerprint density at radius 2 is 2.00 bits per heavy atom. The Labute approximate surface area is 55.9 Å². The Balaban J connectivity index is 3.20. The van der Waals surface area contributed by atoms with Crippen molar-refractivity contribution < 1.29 is 0 Å². The fourth-order valence-electron chi connectivity index (χ4n) is 0.478. The van der Waals surface area contributed by atoms with Gasteiger partial charge in [-0.1, -0.05) is 32.4 Å². The predicted octanol–water partition coefficient (Wildman–Crippen LogP) is 2.12. The van der Waals surface area contributed by atoms with Crippen LogP contribution in [0.2, 0.25) is 0 Å². The molecular formula is C6H13NS. The maximum Gasteiger partial charge on any atom is 0.00638 e. The Morgan fingerprint density at radius 1 is 1.50 bits per heavy atom. The van der Waals surface area contributed by atoms with Gasteiger partial charge in [0.1, 0.15) is 0 Å². The quantitative estimate of drug-likeness (QED) is 0.538. The van der Waals surface area contributed by atoms with Gasteiger partial charge in [0.25, 0.3) is 0 Å². The van der Waals surface area contributed by atoms with Crippen LogP contribution in [0, 0.1) is 0 Å². The van der Waals surface area contributed by atoms with Crippen LogP contribution in [0.4, 0.5) is 0 Å². The first-order valence-corrected chi connectivity index (χ1v) is 3.71. The van der Waals surface area contributed by atoms with E-state index in [-0.39, 0.29) is 0 Å². The minimum absolute atomic E-state index is 1.09. The van der Waals surface area contributed by atoms with Crippen molar-refractivity contribution in [1.82, 2.24) is 4.31 Å². The Hall–Kier alpha value is 0.0500. The van der Waals surface area contributed by atoms with Gasteiger partial charge in [-0.25, -0.2) is 4.31 Å². The normalized spacial score (nSPS) is 9.88. The molecule has 8 heavy (non-hydrogen) atoms. The first kappa shape index (κ1) is 8.05. The van der Waals surface area contributed by atoms with E-state index in [0.717, 1.165) is 13.1 Å². The van der Waals surface area contributed by atoms with Crippen molar-refractivity contribution in [3.05, 3.63) is 12.0 Å². The van der Waals surface area contributed by atoms with Crippen molar-refractivity contribution in [1.29, 1.82) is 0 Å². The molecule has 0 amide bonds. The van der Waals surface area contributed by atoms with Crippen molar-refractivity contribution in [2.24, 2.45) is 0 Å². The Kier molecular flexibility index (Phi) is 5.22. The summed E-state index contributed by atoms with van der Waals surface area (Å²) in [5.74, 6) is 0. The molecule has 0 fully saturated rings. The highest BCUT2D eigenvalue weighted by atomic mass is 32.2. The topological polar surface area (TPSA) is 3.24 Å². The second kappa shape index (κ2) is 5.19. The lowest BCUT2D eigenvalue weighted by Gasteiger charge is -2.12. The van der Waals surface area contributed by atoms with E-state index >= 15 is 0 Å². The molecule has 0 bridgehead atoms. The van der Waals surface area contributed by atoms with E-state index in [0.29, 0.717) is 0 Å². The smallest absolute Gasteiger partial charge is 0.00638 e. The van der Waals surface area contributed by atoms with Crippen LogP contribution in [-0.2, 0) is 0 Å². The molecule has 0 aromatic carbocycles. The van der Waals surface area contributed by atoms with Crippen LogP contribution in [0.5, 0.6) is 0 Å². The summed E-state index contributed by atoms with van der Waals surface area (Å²) in [6, 6.07) is 0. The van der Waals surface area contributed by atoms with Crippen LogP contribution in [0.25, 0.3) is 0 Å². The molecule has 0 spiro atoms. The molecule has 0 heterocycles. The molecule has 0 aromatic heterocycles. The van der Waals surface area contributed by atoms with Crippen LogP contribution in [0.15, 0.2) is 12.0 Å². The number of hydrogen-bond acceptors (Lipinski definition) is 2. The van der Waals surface area contributed by atoms with Crippen LogP contribution >= 0.6 is 11.9 Å². The third kappa shape index (κ3) is 3.10. The second-order valence-electron chi connectivity index (χ2n) is 1.39. The fourth-order valence-corrected chi connectivity index (χ4v) is 0.987. The molecular weight excluding hydrogens is 118 g/mol. The highest BCUT2D eigenvalue weighted by molar-refractivity contribution is 7.99. The number of rotatable bonds is 4. The first-order valence-electron chi connectivity index (χ1n) is 2.87. The van der Waals surface area contributed by atoms with Crippen molar-refractivity contribution in [3.63, 3.8) is 0 Å². The van der Waals surface area contributed by atoms with Crippen molar-refractivity contribution in [2.45, 2.75) is 13.8 Å². The molecule has 0 unspecified atom stereocenters. The second-order valence-corrected chi connectivity index (χ2v) is 2.45. The lowest BCUT2D eigenvalue weighted by molar-refractivity contribution is 0.528. The summed E-state index contributed by atoms with van der Waals surface area (Å²) in [7, 11) is 0. The molecule has 0 radical (unpaired) electrons. The maximum absolute atomic E-state index is 3.62. The molecule has 1 nitrogen and oxygen atoms in total. The first-order chi connectivity index (χ1) is 3.85. The van der Waals surface area contributed by atoms with E-state index in [4.69, 9.17) is 0 Å². The average molecular weight is 131 g/mol. The Bertz CT molecular complexity index is 59.5. The minimum Gasteiger partial charge on any atom is -0.247 e. The molecule has 48 valence electrons. The van der Waals surface area contributed by atoms with Gasteiger partial charge in [-0.2, -0.15) is 0 Å². The van der Waals surface area contributed by atoms with Gasteiger partial charge in [0.15, 0.2) is 0 Å². The third-order valence-corrected chi connectivity index (χ3v) is 1.89. The molecule has 0 aliphatic rings. The van der Waals surface area contributed by atoms with Crippen molar-refractivity contribution in [2.75, 3.05) is 13.1 Å². The molecule has 0 saturated heterocycles. The van der Waals surface area contributed by atoms with Gasteiger partial charge in [0, 0.05) is 13.1 Å². The largest absolute Gasteiger partial charge is 0.247 e. The highest BCUT2D eigenvalue weighted by Gasteiger charge is 1.92. The van der Waals surface area contributed by atoms with Crippen LogP contribution in [0.3, 0.4) is 0 Å². The summed E-state index contributed by atoms with van der Waals surface area (Å²) in [5, 5.41) is 1.85. The summed E-state index contributed by atoms with van der Waals surface area (Å²) in [6.45, 7) is 10.1. The SMILES string of the molecule is C=CSN(CC)CC. The van der Waals surface area contributed by atoms with Gasteiger partial charge in [0.2, 0.25) is 0 Å².